The number of carbonyl (C=O) groups is 1. The monoisotopic (exact) mass is 250 g/mol. The Morgan fingerprint density at radius 3 is 3.12 bits per heavy atom. The highest BCUT2D eigenvalue weighted by Crippen LogP contribution is 2.30. The van der Waals surface area contributed by atoms with Crippen LogP contribution in [0.1, 0.15) is 17.5 Å². The van der Waals surface area contributed by atoms with Crippen molar-refractivity contribution in [3.8, 4) is 0 Å². The predicted octanol–water partition coefficient (Wildman–Crippen LogP) is 2.28. The molecule has 0 atom stereocenters. The summed E-state index contributed by atoms with van der Waals surface area (Å²) < 4.78 is 0. The fourth-order valence-electron chi connectivity index (χ4n) is 1.98. The van der Waals surface area contributed by atoms with Crippen molar-refractivity contribution < 1.29 is 4.79 Å². The van der Waals surface area contributed by atoms with Gasteiger partial charge in [0.25, 0.3) is 0 Å². The minimum Gasteiger partial charge on any atom is -0.351 e. The summed E-state index contributed by atoms with van der Waals surface area (Å²) in [5, 5.41) is 0. The molecule has 92 valence electrons. The first-order chi connectivity index (χ1) is 8.16. The van der Waals surface area contributed by atoms with Crippen molar-refractivity contribution in [3.05, 3.63) is 29.3 Å². The summed E-state index contributed by atoms with van der Waals surface area (Å²) in [7, 11) is 1.73. The summed E-state index contributed by atoms with van der Waals surface area (Å²) in [6.07, 6.45) is 3.32. The molecule has 1 aromatic rings. The third kappa shape index (κ3) is 3.16. The van der Waals surface area contributed by atoms with Crippen LogP contribution in [0.2, 0.25) is 0 Å². The number of hydrogen-bond acceptors (Lipinski definition) is 2. The van der Waals surface area contributed by atoms with E-state index in [-0.39, 0.29) is 6.03 Å². The number of nitrogens with zero attached hydrogens (tertiary/aromatic N) is 1. The molecular weight excluding hydrogens is 232 g/mol. The van der Waals surface area contributed by atoms with Gasteiger partial charge in [0.2, 0.25) is 0 Å². The molecule has 0 saturated heterocycles. The molecule has 0 unspecified atom stereocenters. The molecule has 0 aromatic heterocycles. The van der Waals surface area contributed by atoms with Gasteiger partial charge in [0.15, 0.2) is 0 Å². The van der Waals surface area contributed by atoms with Crippen molar-refractivity contribution in [1.29, 1.82) is 0 Å². The lowest BCUT2D eigenvalue weighted by Gasteiger charge is -2.17. The Labute approximate surface area is 106 Å². The summed E-state index contributed by atoms with van der Waals surface area (Å²) >= 11 is 1.94. The van der Waals surface area contributed by atoms with Gasteiger partial charge in [-0.3, -0.25) is 0 Å². The van der Waals surface area contributed by atoms with Crippen LogP contribution in [0.3, 0.4) is 0 Å². The van der Waals surface area contributed by atoms with Crippen molar-refractivity contribution in [1.82, 2.24) is 4.90 Å². The molecule has 0 radical (unpaired) electrons. The van der Waals surface area contributed by atoms with Crippen LogP contribution in [0, 0.1) is 0 Å². The van der Waals surface area contributed by atoms with Gasteiger partial charge in [-0.25, -0.2) is 4.79 Å². The van der Waals surface area contributed by atoms with Gasteiger partial charge in [-0.1, -0.05) is 12.1 Å². The van der Waals surface area contributed by atoms with Crippen LogP contribution in [-0.4, -0.2) is 30.3 Å². The summed E-state index contributed by atoms with van der Waals surface area (Å²) in [6, 6.07) is 6.28. The van der Waals surface area contributed by atoms with E-state index in [0.29, 0.717) is 6.54 Å². The third-order valence-electron chi connectivity index (χ3n) is 3.09. The average molecular weight is 250 g/mol. The fourth-order valence-corrected chi connectivity index (χ4v) is 3.00. The molecule has 1 aliphatic heterocycles. The topological polar surface area (TPSA) is 46.3 Å². The van der Waals surface area contributed by atoms with E-state index in [1.54, 1.807) is 11.9 Å². The summed E-state index contributed by atoms with van der Waals surface area (Å²) in [4.78, 5) is 13.9. The third-order valence-corrected chi connectivity index (χ3v) is 4.29. The number of likely N-dealkylation sites (N-methyl/N-ethyl adjacent to an activating group) is 1. The van der Waals surface area contributed by atoms with Crippen LogP contribution < -0.4 is 5.73 Å². The van der Waals surface area contributed by atoms with Crippen LogP contribution in [0.25, 0.3) is 0 Å². The molecule has 2 rings (SSSR count). The SMILES string of the molecule is CN(CCc1ccc2c(c1)CCCS2)C(N)=O. The largest absolute Gasteiger partial charge is 0.351 e. The molecule has 2 amide bonds. The van der Waals surface area contributed by atoms with Crippen molar-refractivity contribution in [3.63, 3.8) is 0 Å². The molecular formula is C13H18N2OS. The normalized spacial score (nSPS) is 14.2. The molecule has 0 spiro atoms. The first-order valence-corrected chi connectivity index (χ1v) is 6.90. The van der Waals surface area contributed by atoms with E-state index in [2.05, 4.69) is 18.2 Å². The molecule has 1 heterocycles. The minimum absolute atomic E-state index is 0.362. The number of thioether (sulfide) groups is 1. The number of rotatable bonds is 3. The van der Waals surface area contributed by atoms with Crippen LogP contribution in [0.5, 0.6) is 0 Å². The number of amides is 2. The average Bonchev–Trinajstić information content (AvgIpc) is 2.35. The van der Waals surface area contributed by atoms with Crippen molar-refractivity contribution in [2.45, 2.75) is 24.2 Å². The zero-order chi connectivity index (χ0) is 12.3. The molecule has 0 saturated carbocycles. The lowest BCUT2D eigenvalue weighted by atomic mass is 10.0. The molecule has 3 nitrogen and oxygen atoms in total. The van der Waals surface area contributed by atoms with E-state index in [1.165, 1.54) is 34.6 Å². The maximum absolute atomic E-state index is 10.9. The molecule has 2 N–H and O–H groups in total. The second-order valence-corrected chi connectivity index (χ2v) is 5.54. The first kappa shape index (κ1) is 12.3. The quantitative estimate of drug-likeness (QED) is 0.894. The van der Waals surface area contributed by atoms with Gasteiger partial charge < -0.3 is 10.6 Å². The Hall–Kier alpha value is -1.16. The number of fused-ring (bicyclic) bond motifs is 1. The number of aryl methyl sites for hydroxylation is 1. The number of hydrogen-bond donors (Lipinski definition) is 1. The highest BCUT2D eigenvalue weighted by molar-refractivity contribution is 7.99. The first-order valence-electron chi connectivity index (χ1n) is 5.92. The maximum atomic E-state index is 10.9. The maximum Gasteiger partial charge on any atom is 0.314 e. The molecule has 0 aliphatic carbocycles. The summed E-state index contributed by atoms with van der Waals surface area (Å²) in [5.74, 6) is 1.23. The van der Waals surface area contributed by atoms with Gasteiger partial charge in [0.1, 0.15) is 0 Å². The van der Waals surface area contributed by atoms with Crippen LogP contribution in [0.15, 0.2) is 23.1 Å². The minimum atomic E-state index is -0.362. The van der Waals surface area contributed by atoms with Crippen LogP contribution in [-0.2, 0) is 12.8 Å². The second-order valence-electron chi connectivity index (χ2n) is 4.40. The Bertz CT molecular complexity index is 420. The number of primary amides is 1. The van der Waals surface area contributed by atoms with E-state index in [1.807, 2.05) is 11.8 Å². The highest BCUT2D eigenvalue weighted by Gasteiger charge is 2.10. The predicted molar refractivity (Wildman–Crippen MR) is 71.4 cm³/mol. The van der Waals surface area contributed by atoms with Gasteiger partial charge in [-0.05, 0) is 42.2 Å². The van der Waals surface area contributed by atoms with Gasteiger partial charge in [-0.15, -0.1) is 11.8 Å². The van der Waals surface area contributed by atoms with Crippen molar-refractivity contribution in [2.24, 2.45) is 5.73 Å². The smallest absolute Gasteiger partial charge is 0.314 e. The van der Waals surface area contributed by atoms with Crippen molar-refractivity contribution in [2.75, 3.05) is 19.3 Å². The van der Waals surface area contributed by atoms with E-state index < -0.39 is 0 Å². The Morgan fingerprint density at radius 2 is 2.35 bits per heavy atom. The van der Waals surface area contributed by atoms with Gasteiger partial charge in [-0.2, -0.15) is 0 Å². The van der Waals surface area contributed by atoms with E-state index in [4.69, 9.17) is 5.73 Å². The Balaban J connectivity index is 2.00. The molecule has 17 heavy (non-hydrogen) atoms. The highest BCUT2D eigenvalue weighted by atomic mass is 32.2. The van der Waals surface area contributed by atoms with Gasteiger partial charge >= 0.3 is 6.03 Å². The summed E-state index contributed by atoms with van der Waals surface area (Å²) in [6.45, 7) is 0.682. The van der Waals surface area contributed by atoms with E-state index in [9.17, 15) is 4.79 Å². The molecule has 1 aliphatic rings. The summed E-state index contributed by atoms with van der Waals surface area (Å²) in [5.41, 5.74) is 7.94. The van der Waals surface area contributed by atoms with Crippen LogP contribution in [0.4, 0.5) is 4.79 Å². The number of urea groups is 1. The zero-order valence-corrected chi connectivity index (χ0v) is 10.9. The molecule has 0 bridgehead atoms. The van der Waals surface area contributed by atoms with Crippen molar-refractivity contribution >= 4 is 17.8 Å². The van der Waals surface area contributed by atoms with Crippen LogP contribution >= 0.6 is 11.8 Å². The Kier molecular flexibility index (Phi) is 3.94. The van der Waals surface area contributed by atoms with E-state index >= 15 is 0 Å². The van der Waals surface area contributed by atoms with Gasteiger partial charge in [0, 0.05) is 18.5 Å². The fraction of sp³-hybridized carbons (Fsp3) is 0.462. The molecule has 1 aromatic carbocycles. The zero-order valence-electron chi connectivity index (χ0n) is 10.1. The standard InChI is InChI=1S/C13H18N2OS/c1-15(13(14)16)7-6-10-4-5-12-11(9-10)3-2-8-17-12/h4-5,9H,2-3,6-8H2,1H3,(H2,14,16). The number of nitrogens with two attached hydrogens (primary N) is 1. The lowest BCUT2D eigenvalue weighted by molar-refractivity contribution is 0.219. The lowest BCUT2D eigenvalue weighted by Crippen LogP contribution is -2.33. The second kappa shape index (κ2) is 5.45. The Morgan fingerprint density at radius 1 is 1.53 bits per heavy atom. The number of carbonyl (C=O) groups excluding carboxylic acids is 1. The number of benzene rings is 1. The molecule has 4 heteroatoms. The van der Waals surface area contributed by atoms with E-state index in [0.717, 1.165) is 6.42 Å². The molecule has 0 fully saturated rings. The van der Waals surface area contributed by atoms with Gasteiger partial charge in [0.05, 0.1) is 0 Å².